The van der Waals surface area contributed by atoms with E-state index in [0.717, 1.165) is 4.57 Å². The van der Waals surface area contributed by atoms with Crippen LogP contribution in [0.1, 0.15) is 0 Å². The Labute approximate surface area is 102 Å². The molecular formula is C10H13N3O5. The van der Waals surface area contributed by atoms with Gasteiger partial charge in [0, 0.05) is 18.9 Å². The van der Waals surface area contributed by atoms with Gasteiger partial charge < -0.3 is 15.2 Å². The Hall–Kier alpha value is -2.22. The fraction of sp³-hybridized carbons (Fsp3) is 0.400. The summed E-state index contributed by atoms with van der Waals surface area (Å²) >= 11 is 0. The summed E-state index contributed by atoms with van der Waals surface area (Å²) in [7, 11) is 0. The SMILES string of the molecule is O=C(O)COCCNC(=O)Cn1cccnc1=O. The van der Waals surface area contributed by atoms with Crippen molar-refractivity contribution in [2.75, 3.05) is 19.8 Å². The molecular weight excluding hydrogens is 242 g/mol. The van der Waals surface area contributed by atoms with Crippen molar-refractivity contribution in [2.24, 2.45) is 0 Å². The third-order valence-corrected chi connectivity index (χ3v) is 1.89. The molecule has 0 saturated carbocycles. The second-order valence-electron chi connectivity index (χ2n) is 3.33. The molecule has 8 heteroatoms. The number of hydrogen-bond acceptors (Lipinski definition) is 5. The summed E-state index contributed by atoms with van der Waals surface area (Å²) in [6, 6.07) is 1.55. The van der Waals surface area contributed by atoms with Crippen LogP contribution in [-0.4, -0.2) is 46.3 Å². The van der Waals surface area contributed by atoms with Crippen molar-refractivity contribution in [3.8, 4) is 0 Å². The molecule has 0 atom stereocenters. The zero-order valence-corrected chi connectivity index (χ0v) is 9.54. The van der Waals surface area contributed by atoms with Crippen LogP contribution in [0.5, 0.6) is 0 Å². The summed E-state index contributed by atoms with van der Waals surface area (Å²) in [6.45, 7) is -0.259. The Balaban J connectivity index is 2.24. The van der Waals surface area contributed by atoms with Gasteiger partial charge in [0.1, 0.15) is 13.2 Å². The van der Waals surface area contributed by atoms with Crippen LogP contribution in [0.25, 0.3) is 0 Å². The number of nitrogens with zero attached hydrogens (tertiary/aromatic N) is 2. The quantitative estimate of drug-likeness (QED) is 0.571. The van der Waals surface area contributed by atoms with E-state index in [1.54, 1.807) is 6.07 Å². The Morgan fingerprint density at radius 2 is 2.28 bits per heavy atom. The second kappa shape index (κ2) is 7.17. The van der Waals surface area contributed by atoms with Gasteiger partial charge in [-0.2, -0.15) is 0 Å². The molecule has 1 amide bonds. The smallest absolute Gasteiger partial charge is 0.347 e. The largest absolute Gasteiger partial charge is 0.480 e. The van der Waals surface area contributed by atoms with Crippen LogP contribution in [0.15, 0.2) is 23.3 Å². The minimum atomic E-state index is -1.07. The highest BCUT2D eigenvalue weighted by Crippen LogP contribution is 1.80. The first-order chi connectivity index (χ1) is 8.59. The number of nitrogens with one attached hydrogen (secondary N) is 1. The maximum Gasteiger partial charge on any atom is 0.347 e. The Morgan fingerprint density at radius 3 is 2.94 bits per heavy atom. The summed E-state index contributed by atoms with van der Waals surface area (Å²) in [6.07, 6.45) is 2.80. The Morgan fingerprint density at radius 1 is 1.50 bits per heavy atom. The number of amides is 1. The molecule has 0 bridgehead atoms. The maximum atomic E-state index is 11.4. The van der Waals surface area contributed by atoms with Crippen molar-refractivity contribution in [3.63, 3.8) is 0 Å². The molecule has 0 saturated heterocycles. The van der Waals surface area contributed by atoms with E-state index in [4.69, 9.17) is 9.84 Å². The zero-order valence-electron chi connectivity index (χ0n) is 9.54. The lowest BCUT2D eigenvalue weighted by Crippen LogP contribution is -2.34. The van der Waals surface area contributed by atoms with Crippen molar-refractivity contribution in [1.29, 1.82) is 0 Å². The fourth-order valence-electron chi connectivity index (χ4n) is 1.14. The van der Waals surface area contributed by atoms with E-state index in [0.29, 0.717) is 0 Å². The van der Waals surface area contributed by atoms with Crippen LogP contribution < -0.4 is 11.0 Å². The van der Waals surface area contributed by atoms with E-state index in [-0.39, 0.29) is 25.6 Å². The number of carbonyl (C=O) groups excluding carboxylic acids is 1. The van der Waals surface area contributed by atoms with E-state index >= 15 is 0 Å². The highest BCUT2D eigenvalue weighted by atomic mass is 16.5. The van der Waals surface area contributed by atoms with E-state index in [1.807, 2.05) is 0 Å². The summed E-state index contributed by atoms with van der Waals surface area (Å²) in [4.78, 5) is 36.2. The summed E-state index contributed by atoms with van der Waals surface area (Å²) in [5.41, 5.74) is -0.505. The Kier molecular flexibility index (Phi) is 5.52. The van der Waals surface area contributed by atoms with Crippen molar-refractivity contribution in [2.45, 2.75) is 6.54 Å². The van der Waals surface area contributed by atoms with Crippen LogP contribution >= 0.6 is 0 Å². The minimum Gasteiger partial charge on any atom is -0.480 e. The van der Waals surface area contributed by atoms with Crippen molar-refractivity contribution < 1.29 is 19.4 Å². The molecule has 0 fully saturated rings. The lowest BCUT2D eigenvalue weighted by molar-refractivity contribution is -0.142. The highest BCUT2D eigenvalue weighted by Gasteiger charge is 2.03. The summed E-state index contributed by atoms with van der Waals surface area (Å²) < 4.78 is 5.88. The third-order valence-electron chi connectivity index (χ3n) is 1.89. The van der Waals surface area contributed by atoms with Gasteiger partial charge in [-0.15, -0.1) is 0 Å². The number of rotatable bonds is 7. The first kappa shape index (κ1) is 13.8. The number of aromatic nitrogens is 2. The maximum absolute atomic E-state index is 11.4. The normalized spacial score (nSPS) is 10.0. The van der Waals surface area contributed by atoms with Crippen LogP contribution in [0.2, 0.25) is 0 Å². The van der Waals surface area contributed by atoms with Crippen LogP contribution in [0, 0.1) is 0 Å². The fourth-order valence-corrected chi connectivity index (χ4v) is 1.14. The van der Waals surface area contributed by atoms with E-state index in [9.17, 15) is 14.4 Å². The number of ether oxygens (including phenoxy) is 1. The number of carbonyl (C=O) groups is 2. The monoisotopic (exact) mass is 255 g/mol. The van der Waals surface area contributed by atoms with Crippen LogP contribution in [-0.2, 0) is 20.9 Å². The molecule has 0 aromatic carbocycles. The predicted molar refractivity (Wildman–Crippen MR) is 60.0 cm³/mol. The molecule has 0 aliphatic carbocycles. The molecule has 0 aliphatic heterocycles. The van der Waals surface area contributed by atoms with Gasteiger partial charge in [0.25, 0.3) is 0 Å². The second-order valence-corrected chi connectivity index (χ2v) is 3.33. The zero-order chi connectivity index (χ0) is 13.4. The number of carboxylic acid groups (broad SMARTS) is 1. The minimum absolute atomic E-state index is 0.0972. The standard InChI is InChI=1S/C10H13N3O5/c14-8(11-3-5-18-7-9(15)16)6-13-4-1-2-12-10(13)17/h1-2,4H,3,5-7H2,(H,11,14)(H,15,16). The average molecular weight is 255 g/mol. The lowest BCUT2D eigenvalue weighted by atomic mass is 10.5. The topological polar surface area (TPSA) is 111 Å². The van der Waals surface area contributed by atoms with Gasteiger partial charge in [-0.05, 0) is 6.07 Å². The molecule has 0 aliphatic rings. The number of aliphatic carboxylic acids is 1. The molecule has 18 heavy (non-hydrogen) atoms. The van der Waals surface area contributed by atoms with Gasteiger partial charge in [0.2, 0.25) is 5.91 Å². The first-order valence-electron chi connectivity index (χ1n) is 5.17. The van der Waals surface area contributed by atoms with Crippen molar-refractivity contribution >= 4 is 11.9 Å². The molecule has 1 rings (SSSR count). The molecule has 0 spiro atoms. The molecule has 1 aromatic heterocycles. The van der Waals surface area contributed by atoms with E-state index in [2.05, 4.69) is 10.3 Å². The molecule has 1 aromatic rings. The molecule has 8 nitrogen and oxygen atoms in total. The summed E-state index contributed by atoms with van der Waals surface area (Å²) in [5, 5.41) is 10.8. The molecule has 0 radical (unpaired) electrons. The van der Waals surface area contributed by atoms with Gasteiger partial charge in [-0.25, -0.2) is 14.6 Å². The lowest BCUT2D eigenvalue weighted by Gasteiger charge is -2.06. The van der Waals surface area contributed by atoms with Crippen molar-refractivity contribution in [1.82, 2.24) is 14.9 Å². The molecule has 1 heterocycles. The van der Waals surface area contributed by atoms with Gasteiger partial charge in [-0.3, -0.25) is 9.36 Å². The third kappa shape index (κ3) is 5.21. The van der Waals surface area contributed by atoms with E-state index in [1.165, 1.54) is 12.4 Å². The number of hydrogen-bond donors (Lipinski definition) is 2. The van der Waals surface area contributed by atoms with Crippen molar-refractivity contribution in [3.05, 3.63) is 28.9 Å². The first-order valence-corrected chi connectivity index (χ1v) is 5.17. The van der Waals surface area contributed by atoms with Gasteiger partial charge in [0.05, 0.1) is 6.61 Å². The highest BCUT2D eigenvalue weighted by molar-refractivity contribution is 5.75. The Bertz CT molecular complexity index is 471. The number of carboxylic acids is 1. The van der Waals surface area contributed by atoms with Crippen LogP contribution in [0.4, 0.5) is 0 Å². The van der Waals surface area contributed by atoms with Crippen LogP contribution in [0.3, 0.4) is 0 Å². The van der Waals surface area contributed by atoms with Gasteiger partial charge in [-0.1, -0.05) is 0 Å². The molecule has 98 valence electrons. The van der Waals surface area contributed by atoms with Gasteiger partial charge in [0.15, 0.2) is 0 Å². The van der Waals surface area contributed by atoms with E-state index < -0.39 is 18.3 Å². The van der Waals surface area contributed by atoms with Gasteiger partial charge >= 0.3 is 11.7 Å². The molecule has 0 unspecified atom stereocenters. The molecule has 2 N–H and O–H groups in total. The predicted octanol–water partition coefficient (Wildman–Crippen LogP) is -1.54. The average Bonchev–Trinajstić information content (AvgIpc) is 2.31. The summed E-state index contributed by atoms with van der Waals surface area (Å²) in [5.74, 6) is -1.44.